The van der Waals surface area contributed by atoms with E-state index in [-0.39, 0.29) is 42.1 Å². The Morgan fingerprint density at radius 3 is 2.61 bits per heavy atom. The molecular formula is C30H52N4O6S. The zero-order chi connectivity index (χ0) is 30.6. The van der Waals surface area contributed by atoms with Crippen LogP contribution in [0.1, 0.15) is 80.1 Å². The van der Waals surface area contributed by atoms with Gasteiger partial charge in [0, 0.05) is 43.0 Å². The van der Waals surface area contributed by atoms with Gasteiger partial charge in [-0.2, -0.15) is 11.8 Å². The number of hydrogen-bond donors (Lipinski definition) is 4. The van der Waals surface area contributed by atoms with Gasteiger partial charge in [-0.1, -0.05) is 32.4 Å². The van der Waals surface area contributed by atoms with Crippen molar-refractivity contribution in [3.63, 3.8) is 0 Å². The Labute approximate surface area is 250 Å². The fraction of sp³-hybridized carbons (Fsp3) is 0.800. The minimum Gasteiger partial charge on any atom is -0.444 e. The van der Waals surface area contributed by atoms with Crippen LogP contribution in [0.5, 0.6) is 0 Å². The van der Waals surface area contributed by atoms with Gasteiger partial charge in [-0.15, -0.1) is 0 Å². The van der Waals surface area contributed by atoms with Crippen LogP contribution in [-0.4, -0.2) is 88.7 Å². The molecule has 1 fully saturated rings. The van der Waals surface area contributed by atoms with E-state index in [1.54, 1.807) is 30.5 Å². The molecule has 234 valence electrons. The van der Waals surface area contributed by atoms with Crippen LogP contribution >= 0.6 is 11.8 Å². The van der Waals surface area contributed by atoms with Gasteiger partial charge in [-0.25, -0.2) is 4.79 Å². The van der Waals surface area contributed by atoms with E-state index in [1.807, 2.05) is 20.8 Å². The topological polar surface area (TPSA) is 137 Å². The molecule has 0 bridgehead atoms. The lowest BCUT2D eigenvalue weighted by Gasteiger charge is -2.38. The number of nitrogens with one attached hydrogen (secondary N) is 3. The SMILES string of the molecule is CCCCNC(=O)[C@H](C)C[C@H](O)[C@@H]1CSC/C=C/CC[C@H]2CN(C(=O)OC(C)(C)C)CC[C@H]2C(=O)N[C@@H](C)C(=O)N1. The number of carbonyl (C=O) groups excluding carboxylic acids is 4. The van der Waals surface area contributed by atoms with Crippen molar-refractivity contribution in [1.82, 2.24) is 20.9 Å². The van der Waals surface area contributed by atoms with Crippen molar-refractivity contribution in [2.45, 2.75) is 104 Å². The molecule has 0 saturated carbocycles. The molecule has 0 aromatic carbocycles. The van der Waals surface area contributed by atoms with Crippen molar-refractivity contribution in [2.75, 3.05) is 31.1 Å². The third-order valence-corrected chi connectivity index (χ3v) is 8.54. The second-order valence-corrected chi connectivity index (χ2v) is 13.4. The zero-order valence-corrected chi connectivity index (χ0v) is 26.6. The third kappa shape index (κ3) is 12.2. The predicted octanol–water partition coefficient (Wildman–Crippen LogP) is 3.24. The van der Waals surface area contributed by atoms with E-state index in [2.05, 4.69) is 35.0 Å². The summed E-state index contributed by atoms with van der Waals surface area (Å²) in [4.78, 5) is 53.3. The maximum Gasteiger partial charge on any atom is 0.410 e. The van der Waals surface area contributed by atoms with E-state index in [9.17, 15) is 24.3 Å². The average Bonchev–Trinajstić information content (AvgIpc) is 2.90. The van der Waals surface area contributed by atoms with Gasteiger partial charge in [0.15, 0.2) is 0 Å². The minimum atomic E-state index is -0.914. The Hall–Kier alpha value is -2.27. The molecule has 0 aromatic rings. The number of piperidine rings is 1. The number of rotatable bonds is 7. The molecule has 0 spiro atoms. The van der Waals surface area contributed by atoms with Gasteiger partial charge in [-0.05, 0) is 65.7 Å². The van der Waals surface area contributed by atoms with E-state index in [0.29, 0.717) is 37.6 Å². The predicted molar refractivity (Wildman–Crippen MR) is 162 cm³/mol. The minimum absolute atomic E-state index is 0.0616. The van der Waals surface area contributed by atoms with Crippen molar-refractivity contribution in [2.24, 2.45) is 17.8 Å². The lowest BCUT2D eigenvalue weighted by Crippen LogP contribution is -2.55. The molecule has 2 aliphatic heterocycles. The molecule has 10 nitrogen and oxygen atoms in total. The highest BCUT2D eigenvalue weighted by atomic mass is 32.2. The fourth-order valence-corrected chi connectivity index (χ4v) is 6.03. The first-order chi connectivity index (χ1) is 19.3. The molecule has 2 heterocycles. The normalized spacial score (nSPS) is 27.1. The monoisotopic (exact) mass is 596 g/mol. The number of thioether (sulfide) groups is 1. The Morgan fingerprint density at radius 1 is 1.20 bits per heavy atom. The molecule has 1 saturated heterocycles. The molecule has 0 aromatic heterocycles. The molecule has 4 N–H and O–H groups in total. The maximum atomic E-state index is 13.3. The Kier molecular flexibility index (Phi) is 14.5. The number of aliphatic hydroxyl groups excluding tert-OH is 1. The standard InChI is InChI=1S/C30H52N4O6S/c1-7-8-14-31-26(36)20(2)17-25(35)24-19-41-16-11-9-10-12-22-18-34(29(39)40-30(4,5)6)15-13-23(22)28(38)32-21(3)27(37)33-24/h9,11,20-25,35H,7-8,10,12-19H2,1-6H3,(H,31,36)(H,32,38)(H,33,37)/b11-9+/t20-,21+,22+,23-,24+,25+/m1/s1. The highest BCUT2D eigenvalue weighted by Crippen LogP contribution is 2.29. The van der Waals surface area contributed by atoms with Crippen molar-refractivity contribution in [3.8, 4) is 0 Å². The fourth-order valence-electron chi connectivity index (χ4n) is 5.06. The number of carbonyl (C=O) groups is 4. The van der Waals surface area contributed by atoms with Gasteiger partial charge in [0.1, 0.15) is 11.6 Å². The summed E-state index contributed by atoms with van der Waals surface area (Å²) in [5.74, 6) is -0.306. The first kappa shape index (κ1) is 34.9. The number of hydrogen-bond acceptors (Lipinski definition) is 7. The number of aliphatic hydroxyl groups is 1. The Balaban J connectivity index is 2.08. The summed E-state index contributed by atoms with van der Waals surface area (Å²) in [7, 11) is 0. The summed E-state index contributed by atoms with van der Waals surface area (Å²) < 4.78 is 5.56. The second-order valence-electron chi connectivity index (χ2n) is 12.4. The van der Waals surface area contributed by atoms with Gasteiger partial charge in [0.2, 0.25) is 17.7 Å². The van der Waals surface area contributed by atoms with Crippen LogP contribution in [0.4, 0.5) is 4.79 Å². The lowest BCUT2D eigenvalue weighted by atomic mass is 9.81. The van der Waals surface area contributed by atoms with E-state index < -0.39 is 29.7 Å². The highest BCUT2D eigenvalue weighted by Gasteiger charge is 2.38. The van der Waals surface area contributed by atoms with Gasteiger partial charge in [0.25, 0.3) is 0 Å². The van der Waals surface area contributed by atoms with Crippen molar-refractivity contribution >= 4 is 35.6 Å². The molecule has 0 aliphatic carbocycles. The number of unbranched alkanes of at least 4 members (excludes halogenated alkanes) is 1. The number of likely N-dealkylation sites (tertiary alicyclic amines) is 1. The molecule has 11 heteroatoms. The van der Waals surface area contributed by atoms with E-state index >= 15 is 0 Å². The van der Waals surface area contributed by atoms with E-state index in [1.165, 1.54) is 0 Å². The zero-order valence-electron chi connectivity index (χ0n) is 25.7. The van der Waals surface area contributed by atoms with Crippen molar-refractivity contribution in [3.05, 3.63) is 12.2 Å². The summed E-state index contributed by atoms with van der Waals surface area (Å²) in [6.07, 6.45) is 6.95. The second kappa shape index (κ2) is 17.0. The molecule has 0 radical (unpaired) electrons. The van der Waals surface area contributed by atoms with Gasteiger partial charge >= 0.3 is 6.09 Å². The lowest BCUT2D eigenvalue weighted by molar-refractivity contribution is -0.133. The quantitative estimate of drug-likeness (QED) is 0.262. The molecule has 2 aliphatic rings. The molecule has 2 rings (SSSR count). The third-order valence-electron chi connectivity index (χ3n) is 7.52. The summed E-state index contributed by atoms with van der Waals surface area (Å²) in [5, 5.41) is 19.7. The number of fused-ring (bicyclic) bond motifs is 1. The van der Waals surface area contributed by atoms with Crippen LogP contribution in [0.25, 0.3) is 0 Å². The molecule has 6 atom stereocenters. The molecule has 4 amide bonds. The van der Waals surface area contributed by atoms with Crippen molar-refractivity contribution < 1.29 is 29.0 Å². The Morgan fingerprint density at radius 2 is 1.93 bits per heavy atom. The maximum absolute atomic E-state index is 13.3. The summed E-state index contributed by atoms with van der Waals surface area (Å²) in [5.41, 5.74) is -0.596. The number of amides is 4. The van der Waals surface area contributed by atoms with Crippen LogP contribution in [0.3, 0.4) is 0 Å². The Bertz CT molecular complexity index is 908. The number of ether oxygens (including phenoxy) is 1. The summed E-state index contributed by atoms with van der Waals surface area (Å²) in [6, 6.07) is -1.37. The molecular weight excluding hydrogens is 544 g/mol. The molecule has 0 unspecified atom stereocenters. The smallest absolute Gasteiger partial charge is 0.410 e. The number of nitrogens with zero attached hydrogens (tertiary/aromatic N) is 1. The van der Waals surface area contributed by atoms with Crippen LogP contribution in [0.2, 0.25) is 0 Å². The number of allylic oxidation sites excluding steroid dienone is 1. The van der Waals surface area contributed by atoms with Crippen molar-refractivity contribution in [1.29, 1.82) is 0 Å². The van der Waals surface area contributed by atoms with Crippen LogP contribution in [-0.2, 0) is 19.1 Å². The van der Waals surface area contributed by atoms with Crippen LogP contribution < -0.4 is 16.0 Å². The van der Waals surface area contributed by atoms with E-state index in [4.69, 9.17) is 4.74 Å². The molecule has 41 heavy (non-hydrogen) atoms. The van der Waals surface area contributed by atoms with Crippen LogP contribution in [0.15, 0.2) is 12.2 Å². The summed E-state index contributed by atoms with van der Waals surface area (Å²) in [6.45, 7) is 12.4. The van der Waals surface area contributed by atoms with E-state index in [0.717, 1.165) is 25.7 Å². The van der Waals surface area contributed by atoms with Gasteiger partial charge in [-0.3, -0.25) is 14.4 Å². The largest absolute Gasteiger partial charge is 0.444 e. The van der Waals surface area contributed by atoms with Gasteiger partial charge < -0.3 is 30.7 Å². The van der Waals surface area contributed by atoms with Gasteiger partial charge in [0.05, 0.1) is 12.1 Å². The average molecular weight is 597 g/mol. The first-order valence-electron chi connectivity index (χ1n) is 15.1. The highest BCUT2D eigenvalue weighted by molar-refractivity contribution is 7.99. The first-order valence-corrected chi connectivity index (χ1v) is 16.2. The van der Waals surface area contributed by atoms with Crippen LogP contribution in [0, 0.1) is 17.8 Å². The summed E-state index contributed by atoms with van der Waals surface area (Å²) >= 11 is 1.59.